The van der Waals surface area contributed by atoms with Crippen molar-refractivity contribution in [2.75, 3.05) is 55.5 Å². The number of aromatic nitrogens is 8. The van der Waals surface area contributed by atoms with Crippen molar-refractivity contribution in [3.8, 4) is 57.5 Å². The number of carbonyl (C=O) groups is 3. The Kier molecular flexibility index (Phi) is 30.3. The highest BCUT2D eigenvalue weighted by Crippen LogP contribution is 2.35. The predicted octanol–water partition coefficient (Wildman–Crippen LogP) is 10.2. The molecule has 90 heavy (non-hydrogen) atoms. The molecule has 4 heterocycles. The summed E-state index contributed by atoms with van der Waals surface area (Å²) < 4.78 is 54.2. The lowest BCUT2D eigenvalue weighted by Gasteiger charge is -2.09. The molecule has 0 spiro atoms. The van der Waals surface area contributed by atoms with Crippen LogP contribution >= 0.6 is 33.0 Å². The highest BCUT2D eigenvalue weighted by molar-refractivity contribution is 8.26. The first-order valence-electron chi connectivity index (χ1n) is 26.8. The third-order valence-corrected chi connectivity index (χ3v) is 11.5. The highest BCUT2D eigenvalue weighted by atomic mass is 36.0. The molecule has 4 aromatic heterocycles. The Hall–Kier alpha value is -9.51. The molecule has 0 amide bonds. The Morgan fingerprint density at radius 3 is 1.12 bits per heavy atom. The fourth-order valence-electron chi connectivity index (χ4n) is 6.62. The number of fused-ring (bicyclic) bond motifs is 4. The summed E-state index contributed by atoms with van der Waals surface area (Å²) in [5.41, 5.74) is 7.04. The molecule has 0 saturated heterocycles. The quantitative estimate of drug-likeness (QED) is 0.0244. The third kappa shape index (κ3) is 24.2. The van der Waals surface area contributed by atoms with Gasteiger partial charge in [-0.1, -0.05) is 69.4 Å². The van der Waals surface area contributed by atoms with Crippen LogP contribution in [-0.4, -0.2) is 122 Å². The zero-order chi connectivity index (χ0) is 66.5. The molecule has 9 aromatic rings. The van der Waals surface area contributed by atoms with Crippen LogP contribution < -0.4 is 65.0 Å². The van der Waals surface area contributed by atoms with E-state index in [1.54, 1.807) is 30.3 Å². The Morgan fingerprint density at radius 1 is 0.467 bits per heavy atom. The molecule has 3 fully saturated rings. The number of nitrogens with two attached hydrogens (primary N) is 1. The van der Waals surface area contributed by atoms with Crippen molar-refractivity contribution in [3.05, 3.63) is 128 Å². The molecule has 7 N–H and O–H groups in total. The Balaban J connectivity index is 0.000000228. The number of carboxylic acid groups (broad SMARTS) is 1. The number of aromatic hydroxyl groups is 1. The summed E-state index contributed by atoms with van der Waals surface area (Å²) in [4.78, 5) is 94.1. The first-order valence-corrected chi connectivity index (χ1v) is 30.0. The van der Waals surface area contributed by atoms with Crippen molar-refractivity contribution in [2.45, 2.75) is 71.6 Å². The van der Waals surface area contributed by atoms with Gasteiger partial charge in [-0.05, 0) is 24.3 Å². The summed E-state index contributed by atoms with van der Waals surface area (Å²) in [6.45, 7) is 2.59. The van der Waals surface area contributed by atoms with Crippen molar-refractivity contribution in [1.82, 2.24) is 39.9 Å². The number of rotatable bonds is 10. The van der Waals surface area contributed by atoms with E-state index >= 15 is 0 Å². The van der Waals surface area contributed by atoms with E-state index in [1.165, 1.54) is 177 Å². The standard InChI is InChI=1S/C11H9ClN2O3.C11H10N2O4.C10H10N2O3.C9H8N2O3.C9H11NO4.3C3H6.Cl2OS/c1-6(15)17-10-3-7-8(4-9(10)16-2)13-5-14-11(7)12;1-6(14)17-10-3-7-8(4-9(10)16-2)12-5-13-11(7)15;1-14-8-3-6-7(4-9(8)15-2)11-5-12-10(6)13;1-14-8-3-6-5(2-7(8)12)9(13)11-4-10-6;1-13-7-3-5(9(11)12)6(10)4-8(7)14-2;3*1-2-3-1;1-4(2)3/h3-5H,1-2H3;3-5H,1-2H3,(H,12,13,15);3-5H,1-2H3,(H,11,12,13);2-4,12H,1H3,(H,10,11,13);3-4H,10H2,1-2H3,(H,11,12);3*1-3H2;. The number of nitrogens with one attached hydrogen (secondary N) is 3. The van der Waals surface area contributed by atoms with Crippen LogP contribution in [0.1, 0.15) is 82.0 Å². The number of carbonyl (C=O) groups excluding carboxylic acids is 2. The number of H-pyrrole nitrogens is 3. The number of esters is 2. The SMILES string of the molecule is C1CC1.C1CC1.C1CC1.COc1cc(N)c(C(=O)O)cc1OC.COc1cc2nc[nH]c(=O)c2cc1O.COc1cc2nc[nH]c(=O)c2cc1OC.COc1cc2nc[nH]c(=O)c2cc1OC(C)=O.COc1cc2ncnc(Cl)c2cc1OC(C)=O.O=S(Cl)Cl. The molecular weight excluding hydrogens is 1260 g/mol. The number of aromatic carboxylic acids is 1. The minimum absolute atomic E-state index is 0.00245. The predicted molar refractivity (Wildman–Crippen MR) is 341 cm³/mol. The van der Waals surface area contributed by atoms with Gasteiger partial charge in [-0.15, -0.1) is 0 Å². The summed E-state index contributed by atoms with van der Waals surface area (Å²) in [5.74, 6) is 1.32. The average Bonchev–Trinajstić information content (AvgIpc) is 1.03. The molecule has 0 bridgehead atoms. The number of hydrogen-bond acceptors (Lipinski definition) is 23. The molecule has 0 atom stereocenters. The molecule has 27 nitrogen and oxygen atoms in total. The van der Waals surface area contributed by atoms with Crippen molar-refractivity contribution in [2.24, 2.45) is 0 Å². The third-order valence-electron chi connectivity index (χ3n) is 11.2. The van der Waals surface area contributed by atoms with Gasteiger partial charge in [0, 0.05) is 77.0 Å². The fraction of sp³-hybridized carbons (Fsp3) is 0.305. The van der Waals surface area contributed by atoms with Gasteiger partial charge in [0.1, 0.15) is 11.5 Å². The number of anilines is 1. The maximum atomic E-state index is 11.5. The molecule has 3 aliphatic rings. The molecule has 0 radical (unpaired) electrons. The summed E-state index contributed by atoms with van der Waals surface area (Å²) in [6, 6.07) is 15.1. The van der Waals surface area contributed by atoms with E-state index in [2.05, 4.69) is 61.2 Å². The molecule has 31 heteroatoms. The minimum atomic E-state index is -1.67. The van der Waals surface area contributed by atoms with Crippen LogP contribution in [0.3, 0.4) is 0 Å². The monoisotopic (exact) mass is 1330 g/mol. The molecule has 5 aromatic carbocycles. The normalized spacial score (nSPS) is 11.5. The van der Waals surface area contributed by atoms with E-state index in [0.717, 1.165) is 0 Å². The van der Waals surface area contributed by atoms with Crippen molar-refractivity contribution < 1.29 is 71.4 Å². The van der Waals surface area contributed by atoms with Crippen molar-refractivity contribution in [1.29, 1.82) is 0 Å². The number of ether oxygens (including phenoxy) is 9. The minimum Gasteiger partial charge on any atom is -0.504 e. The number of methoxy groups -OCH3 is 7. The topological polar surface area (TPSA) is 381 Å². The zero-order valence-corrected chi connectivity index (χ0v) is 53.3. The fourth-order valence-corrected chi connectivity index (χ4v) is 6.81. The smallest absolute Gasteiger partial charge is 0.337 e. The number of carboxylic acids is 1. The van der Waals surface area contributed by atoms with Gasteiger partial charge in [0.25, 0.3) is 16.7 Å². The summed E-state index contributed by atoms with van der Waals surface area (Å²) in [5, 5.41) is 20.3. The number of halogens is 3. The van der Waals surface area contributed by atoms with Crippen molar-refractivity contribution >= 4 is 109 Å². The van der Waals surface area contributed by atoms with Gasteiger partial charge >= 0.3 is 17.9 Å². The molecule has 12 rings (SSSR count). The van der Waals surface area contributed by atoms with Gasteiger partial charge in [-0.25, -0.2) is 33.9 Å². The van der Waals surface area contributed by atoms with Crippen LogP contribution in [0.4, 0.5) is 5.69 Å². The Labute approximate surface area is 530 Å². The van der Waals surface area contributed by atoms with Gasteiger partial charge in [0.15, 0.2) is 57.5 Å². The van der Waals surface area contributed by atoms with E-state index in [-0.39, 0.29) is 39.4 Å². The van der Waals surface area contributed by atoms with E-state index < -0.39 is 27.1 Å². The van der Waals surface area contributed by atoms with Gasteiger partial charge in [0.2, 0.25) is 9.23 Å². The van der Waals surface area contributed by atoms with E-state index in [0.29, 0.717) is 94.8 Å². The van der Waals surface area contributed by atoms with Crippen LogP contribution in [0.15, 0.2) is 100 Å². The maximum absolute atomic E-state index is 11.5. The number of phenolic OH excluding ortho intramolecular Hbond substituents is 1. The molecule has 3 aliphatic carbocycles. The average molecular weight is 1330 g/mol. The highest BCUT2D eigenvalue weighted by Gasteiger charge is 2.16. The van der Waals surface area contributed by atoms with Gasteiger partial charge < -0.3 is 73.5 Å². The van der Waals surface area contributed by atoms with Crippen LogP contribution in [0, 0.1) is 0 Å². The van der Waals surface area contributed by atoms with Gasteiger partial charge in [-0.3, -0.25) is 24.0 Å². The largest absolute Gasteiger partial charge is 0.504 e. The number of nitrogens with zero attached hydrogens (tertiary/aromatic N) is 5. The van der Waals surface area contributed by atoms with E-state index in [1.807, 2.05) is 0 Å². The lowest BCUT2D eigenvalue weighted by atomic mass is 10.1. The first kappa shape index (κ1) is 73.0. The summed E-state index contributed by atoms with van der Waals surface area (Å²) in [6.07, 6.45) is 18.8. The van der Waals surface area contributed by atoms with Crippen molar-refractivity contribution in [3.63, 3.8) is 0 Å². The maximum Gasteiger partial charge on any atom is 0.337 e. The number of hydrogen-bond donors (Lipinski definition) is 6. The second-order valence-electron chi connectivity index (χ2n) is 18.3. The molecule has 0 unspecified atom stereocenters. The lowest BCUT2D eigenvalue weighted by Crippen LogP contribution is -2.08. The summed E-state index contributed by atoms with van der Waals surface area (Å²) in [7, 11) is 17.7. The lowest BCUT2D eigenvalue weighted by molar-refractivity contribution is -0.132. The van der Waals surface area contributed by atoms with Gasteiger partial charge in [-0.2, -0.15) is 0 Å². The second-order valence-corrected chi connectivity index (χ2v) is 21.2. The number of benzene rings is 5. The number of nitrogen functional groups attached to an aromatic ring is 1. The van der Waals surface area contributed by atoms with E-state index in [9.17, 15) is 33.9 Å². The number of aromatic amines is 3. The Morgan fingerprint density at radius 2 is 0.767 bits per heavy atom. The van der Waals surface area contributed by atoms with E-state index in [4.69, 9.17) is 69.3 Å². The molecular formula is C59H66Cl3N9O18S. The summed E-state index contributed by atoms with van der Waals surface area (Å²) >= 11 is 5.93. The molecule has 0 aliphatic heterocycles. The molecule has 3 saturated carbocycles. The first-order chi connectivity index (χ1) is 43.0. The van der Waals surface area contributed by atoms with Crippen LogP contribution in [-0.2, 0) is 18.8 Å². The zero-order valence-electron chi connectivity index (χ0n) is 50.2. The van der Waals surface area contributed by atoms with Crippen LogP contribution in [0.25, 0.3) is 43.6 Å². The van der Waals surface area contributed by atoms with Crippen LogP contribution in [0.5, 0.6) is 57.5 Å². The molecule has 482 valence electrons. The van der Waals surface area contributed by atoms with Gasteiger partial charge in [0.05, 0.1) is 118 Å². The van der Waals surface area contributed by atoms with Crippen LogP contribution in [0.2, 0.25) is 5.15 Å². The number of phenols is 1. The second kappa shape index (κ2) is 37.4. The Bertz CT molecular complexity index is 4070.